The average molecular weight is 307 g/mol. The minimum absolute atomic E-state index is 0.274. The fourth-order valence-electron chi connectivity index (χ4n) is 1.52. The third-order valence-corrected chi connectivity index (χ3v) is 2.60. The van der Waals surface area contributed by atoms with Gasteiger partial charge >= 0.3 is 11.9 Å². The molecule has 1 amide bonds. The lowest BCUT2D eigenvalue weighted by atomic mass is 10.2. The van der Waals surface area contributed by atoms with Crippen LogP contribution in [0.5, 0.6) is 11.5 Å². The maximum absolute atomic E-state index is 11.5. The maximum atomic E-state index is 11.5. The summed E-state index contributed by atoms with van der Waals surface area (Å²) in [5.41, 5.74) is 0.630. The molecular formula is C15H17NO6. The van der Waals surface area contributed by atoms with Gasteiger partial charge in [-0.25, -0.2) is 0 Å². The summed E-state index contributed by atoms with van der Waals surface area (Å²) < 4.78 is 10.1. The van der Waals surface area contributed by atoms with Crippen molar-refractivity contribution in [3.05, 3.63) is 29.8 Å². The van der Waals surface area contributed by atoms with Crippen LogP contribution in [0.2, 0.25) is 0 Å². The lowest BCUT2D eigenvalue weighted by Crippen LogP contribution is -2.37. The number of hydrogen-bond acceptors (Lipinski definition) is 5. The molecule has 7 heteroatoms. The number of carboxylic acid groups (broad SMARTS) is 1. The molecule has 0 bridgehead atoms. The van der Waals surface area contributed by atoms with Crippen molar-refractivity contribution in [1.29, 1.82) is 0 Å². The number of ether oxygens (including phenoxy) is 2. The zero-order chi connectivity index (χ0) is 16.7. The van der Waals surface area contributed by atoms with Crippen LogP contribution in [0.15, 0.2) is 24.3 Å². The summed E-state index contributed by atoms with van der Waals surface area (Å²) in [7, 11) is 1.43. The summed E-state index contributed by atoms with van der Waals surface area (Å²) in [6.07, 6.45) is 2.70. The van der Waals surface area contributed by atoms with Gasteiger partial charge in [0.25, 0.3) is 0 Å². The highest BCUT2D eigenvalue weighted by Crippen LogP contribution is 2.28. The highest BCUT2D eigenvalue weighted by molar-refractivity contribution is 5.94. The molecule has 0 aliphatic heterocycles. The highest BCUT2D eigenvalue weighted by atomic mass is 16.6. The Morgan fingerprint density at radius 2 is 1.95 bits per heavy atom. The zero-order valence-corrected chi connectivity index (χ0v) is 12.5. The van der Waals surface area contributed by atoms with Crippen LogP contribution in [-0.4, -0.2) is 36.1 Å². The van der Waals surface area contributed by atoms with Crippen molar-refractivity contribution >= 4 is 23.9 Å². The summed E-state index contributed by atoms with van der Waals surface area (Å²) in [4.78, 5) is 33.1. The molecule has 0 fully saturated rings. The number of rotatable bonds is 6. The van der Waals surface area contributed by atoms with Gasteiger partial charge in [-0.1, -0.05) is 6.07 Å². The van der Waals surface area contributed by atoms with Crippen LogP contribution >= 0.6 is 0 Å². The largest absolute Gasteiger partial charge is 0.493 e. The van der Waals surface area contributed by atoms with E-state index in [1.165, 1.54) is 39.2 Å². The molecule has 0 saturated carbocycles. The monoisotopic (exact) mass is 307 g/mol. The van der Waals surface area contributed by atoms with Crippen molar-refractivity contribution in [3.8, 4) is 11.5 Å². The van der Waals surface area contributed by atoms with Crippen LogP contribution < -0.4 is 14.8 Å². The molecule has 0 aromatic heterocycles. The normalized spacial score (nSPS) is 11.8. The topological polar surface area (TPSA) is 102 Å². The number of aliphatic carboxylic acids is 1. The third kappa shape index (κ3) is 5.28. The number of carboxylic acids is 1. The first-order valence-corrected chi connectivity index (χ1v) is 6.41. The molecule has 1 atom stereocenters. The standard InChI is InChI=1S/C15H17NO6/c1-9(15(19)20)16-14(18)7-5-11-4-6-12(22-10(2)17)13(8-11)21-3/h4-9H,1-3H3,(H,16,18)(H,19,20)/b7-5+. The van der Waals surface area contributed by atoms with Gasteiger partial charge in [0.2, 0.25) is 5.91 Å². The van der Waals surface area contributed by atoms with Gasteiger partial charge in [-0.05, 0) is 30.7 Å². The highest BCUT2D eigenvalue weighted by Gasteiger charge is 2.12. The molecule has 0 aliphatic carbocycles. The number of esters is 1. The van der Waals surface area contributed by atoms with Crippen molar-refractivity contribution in [2.24, 2.45) is 0 Å². The Balaban J connectivity index is 2.81. The minimum atomic E-state index is -1.12. The summed E-state index contributed by atoms with van der Waals surface area (Å²) in [6, 6.07) is 3.78. The number of carbonyl (C=O) groups excluding carboxylic acids is 2. The Labute approximate surface area is 127 Å². The van der Waals surface area contributed by atoms with Crippen molar-refractivity contribution < 1.29 is 29.0 Å². The molecule has 0 spiro atoms. The Morgan fingerprint density at radius 3 is 2.50 bits per heavy atom. The van der Waals surface area contributed by atoms with E-state index < -0.39 is 23.9 Å². The summed E-state index contributed by atoms with van der Waals surface area (Å²) >= 11 is 0. The molecule has 0 aliphatic rings. The molecule has 7 nitrogen and oxygen atoms in total. The van der Waals surface area contributed by atoms with Gasteiger partial charge < -0.3 is 19.9 Å². The van der Waals surface area contributed by atoms with Crippen molar-refractivity contribution in [1.82, 2.24) is 5.32 Å². The second-order valence-corrected chi connectivity index (χ2v) is 4.41. The van der Waals surface area contributed by atoms with Crippen molar-refractivity contribution in [2.45, 2.75) is 19.9 Å². The number of nitrogens with one attached hydrogen (secondary N) is 1. The van der Waals surface area contributed by atoms with Crippen LogP contribution in [0.25, 0.3) is 6.08 Å². The van der Waals surface area contributed by atoms with Crippen LogP contribution in [0.1, 0.15) is 19.4 Å². The van der Waals surface area contributed by atoms with E-state index >= 15 is 0 Å². The lowest BCUT2D eigenvalue weighted by molar-refractivity contribution is -0.140. The molecular weight excluding hydrogens is 290 g/mol. The number of amides is 1. The predicted octanol–water partition coefficient (Wildman–Crippen LogP) is 1.22. The number of hydrogen-bond donors (Lipinski definition) is 2. The SMILES string of the molecule is COc1cc(/C=C/C(=O)NC(C)C(=O)O)ccc1OC(C)=O. The quantitative estimate of drug-likeness (QED) is 0.465. The van der Waals surface area contributed by atoms with Gasteiger partial charge in [0.1, 0.15) is 6.04 Å². The van der Waals surface area contributed by atoms with Gasteiger partial charge in [-0.3, -0.25) is 14.4 Å². The van der Waals surface area contributed by atoms with E-state index in [1.807, 2.05) is 0 Å². The first-order valence-electron chi connectivity index (χ1n) is 6.41. The van der Waals surface area contributed by atoms with Crippen LogP contribution in [0.3, 0.4) is 0 Å². The maximum Gasteiger partial charge on any atom is 0.325 e. The summed E-state index contributed by atoms with van der Waals surface area (Å²) in [5.74, 6) is -1.50. The van der Waals surface area contributed by atoms with Crippen LogP contribution in [0.4, 0.5) is 0 Å². The first-order chi connectivity index (χ1) is 10.3. The van der Waals surface area contributed by atoms with Gasteiger partial charge in [-0.15, -0.1) is 0 Å². The molecule has 1 aromatic carbocycles. The number of benzene rings is 1. The smallest absolute Gasteiger partial charge is 0.325 e. The number of carbonyl (C=O) groups is 3. The molecule has 22 heavy (non-hydrogen) atoms. The molecule has 0 radical (unpaired) electrons. The zero-order valence-electron chi connectivity index (χ0n) is 12.5. The van der Waals surface area contributed by atoms with E-state index in [1.54, 1.807) is 12.1 Å². The Hall–Kier alpha value is -2.83. The summed E-state index contributed by atoms with van der Waals surface area (Å²) in [6.45, 7) is 2.65. The van der Waals surface area contributed by atoms with Crippen LogP contribution in [-0.2, 0) is 14.4 Å². The molecule has 1 rings (SSSR count). The number of methoxy groups -OCH3 is 1. The van der Waals surface area contributed by atoms with Gasteiger partial charge in [0, 0.05) is 13.0 Å². The minimum Gasteiger partial charge on any atom is -0.493 e. The van der Waals surface area contributed by atoms with E-state index in [2.05, 4.69) is 5.32 Å². The van der Waals surface area contributed by atoms with E-state index in [0.29, 0.717) is 11.3 Å². The fourth-order valence-corrected chi connectivity index (χ4v) is 1.52. The third-order valence-electron chi connectivity index (χ3n) is 2.60. The van der Waals surface area contributed by atoms with Gasteiger partial charge in [0.15, 0.2) is 11.5 Å². The Kier molecular flexibility index (Phi) is 6.12. The van der Waals surface area contributed by atoms with E-state index in [-0.39, 0.29) is 5.75 Å². The molecule has 0 saturated heterocycles. The van der Waals surface area contributed by atoms with E-state index in [4.69, 9.17) is 14.6 Å². The molecule has 1 aromatic rings. The predicted molar refractivity (Wildman–Crippen MR) is 78.6 cm³/mol. The van der Waals surface area contributed by atoms with E-state index in [0.717, 1.165) is 0 Å². The summed E-state index contributed by atoms with van der Waals surface area (Å²) in [5, 5.41) is 11.0. The first kappa shape index (κ1) is 17.2. The average Bonchev–Trinajstić information content (AvgIpc) is 2.45. The van der Waals surface area contributed by atoms with Crippen molar-refractivity contribution in [2.75, 3.05) is 7.11 Å². The van der Waals surface area contributed by atoms with Crippen molar-refractivity contribution in [3.63, 3.8) is 0 Å². The Morgan fingerprint density at radius 1 is 1.27 bits per heavy atom. The molecule has 2 N–H and O–H groups in total. The second kappa shape index (κ2) is 7.82. The Bertz CT molecular complexity index is 608. The molecule has 1 unspecified atom stereocenters. The lowest BCUT2D eigenvalue weighted by Gasteiger charge is -2.08. The molecule has 0 heterocycles. The van der Waals surface area contributed by atoms with E-state index in [9.17, 15) is 14.4 Å². The van der Waals surface area contributed by atoms with Gasteiger partial charge in [-0.2, -0.15) is 0 Å². The fraction of sp³-hybridized carbons (Fsp3) is 0.267. The van der Waals surface area contributed by atoms with Gasteiger partial charge in [0.05, 0.1) is 7.11 Å². The molecule has 118 valence electrons. The second-order valence-electron chi connectivity index (χ2n) is 4.41. The van der Waals surface area contributed by atoms with Crippen LogP contribution in [0, 0.1) is 0 Å².